The summed E-state index contributed by atoms with van der Waals surface area (Å²) in [5, 5.41) is 20.8. The molecular formula is C26H43F3O2. The fourth-order valence-electron chi connectivity index (χ4n) is 7.31. The molecule has 2 N–H and O–H groups in total. The second kappa shape index (κ2) is 8.34. The predicted octanol–water partition coefficient (Wildman–Crippen LogP) is 6.90. The van der Waals surface area contributed by atoms with E-state index < -0.39 is 11.8 Å². The Kier molecular flexibility index (Phi) is 6.75. The Morgan fingerprint density at radius 2 is 1.81 bits per heavy atom. The van der Waals surface area contributed by atoms with Gasteiger partial charge >= 0.3 is 6.18 Å². The summed E-state index contributed by atoms with van der Waals surface area (Å²) in [6, 6.07) is 0. The monoisotopic (exact) mass is 444 g/mol. The first-order valence-electron chi connectivity index (χ1n) is 12.3. The van der Waals surface area contributed by atoms with Gasteiger partial charge in [-0.3, -0.25) is 0 Å². The number of aliphatic hydroxyl groups is 2. The Morgan fingerprint density at radius 3 is 2.35 bits per heavy atom. The summed E-state index contributed by atoms with van der Waals surface area (Å²) >= 11 is 0. The number of aliphatic hydroxyl groups excluding tert-OH is 1. The molecule has 0 radical (unpaired) electrons. The second-order valence-electron chi connectivity index (χ2n) is 12.3. The summed E-state index contributed by atoms with van der Waals surface area (Å²) in [6.07, 6.45) is 2.56. The summed E-state index contributed by atoms with van der Waals surface area (Å²) in [7, 11) is 0. The van der Waals surface area contributed by atoms with Crippen molar-refractivity contribution in [3.8, 4) is 0 Å². The van der Waals surface area contributed by atoms with Crippen LogP contribution in [0.5, 0.6) is 0 Å². The normalized spacial score (nSPS) is 40.7. The molecule has 2 fully saturated rings. The third-order valence-corrected chi connectivity index (χ3v) is 9.57. The minimum atomic E-state index is -4.56. The van der Waals surface area contributed by atoms with Crippen molar-refractivity contribution in [2.45, 2.75) is 111 Å². The van der Waals surface area contributed by atoms with E-state index >= 15 is 0 Å². The van der Waals surface area contributed by atoms with Gasteiger partial charge in [-0.15, -0.1) is 0 Å². The lowest BCUT2D eigenvalue weighted by Gasteiger charge is -2.43. The molecule has 0 aromatic carbocycles. The highest BCUT2D eigenvalue weighted by Crippen LogP contribution is 2.63. The molecule has 0 bridgehead atoms. The van der Waals surface area contributed by atoms with Gasteiger partial charge in [0.2, 0.25) is 0 Å². The zero-order valence-electron chi connectivity index (χ0n) is 20.2. The van der Waals surface area contributed by atoms with E-state index in [1.807, 2.05) is 6.08 Å². The van der Waals surface area contributed by atoms with Gasteiger partial charge in [0.25, 0.3) is 0 Å². The highest BCUT2D eigenvalue weighted by Gasteiger charge is 2.62. The molecule has 3 aliphatic carbocycles. The fourth-order valence-corrected chi connectivity index (χ4v) is 7.31. The number of alkyl halides is 3. The predicted molar refractivity (Wildman–Crippen MR) is 118 cm³/mol. The van der Waals surface area contributed by atoms with Crippen LogP contribution >= 0.6 is 0 Å². The molecule has 0 aromatic rings. The van der Waals surface area contributed by atoms with Crippen molar-refractivity contribution in [1.29, 1.82) is 0 Å². The maximum atomic E-state index is 13.5. The Hall–Kier alpha value is -0.550. The van der Waals surface area contributed by atoms with Crippen LogP contribution in [0.1, 0.15) is 92.9 Å². The van der Waals surface area contributed by atoms with Gasteiger partial charge in [-0.25, -0.2) is 0 Å². The van der Waals surface area contributed by atoms with Gasteiger partial charge in [0.05, 0.1) is 6.10 Å². The lowest BCUT2D eigenvalue weighted by Crippen LogP contribution is -2.43. The quantitative estimate of drug-likeness (QED) is 0.437. The van der Waals surface area contributed by atoms with E-state index in [0.29, 0.717) is 17.8 Å². The highest BCUT2D eigenvalue weighted by molar-refractivity contribution is 5.27. The molecule has 0 spiro atoms. The van der Waals surface area contributed by atoms with E-state index in [2.05, 4.69) is 41.5 Å². The van der Waals surface area contributed by atoms with Crippen LogP contribution in [0, 0.1) is 40.4 Å². The number of allylic oxidation sites excluding steroid dienone is 1. The molecule has 2 saturated carbocycles. The third-order valence-electron chi connectivity index (χ3n) is 9.57. The zero-order chi connectivity index (χ0) is 23.4. The van der Waals surface area contributed by atoms with Crippen molar-refractivity contribution < 1.29 is 23.4 Å². The van der Waals surface area contributed by atoms with Gasteiger partial charge in [-0.2, -0.15) is 13.2 Å². The number of halogens is 3. The lowest BCUT2D eigenvalue weighted by molar-refractivity contribution is -0.258. The van der Waals surface area contributed by atoms with E-state index in [9.17, 15) is 23.4 Å². The first-order chi connectivity index (χ1) is 14.1. The number of fused-ring (bicyclic) bond motifs is 1. The topological polar surface area (TPSA) is 40.5 Å². The summed E-state index contributed by atoms with van der Waals surface area (Å²) < 4.78 is 40.4. The Labute approximate surface area is 186 Å². The summed E-state index contributed by atoms with van der Waals surface area (Å²) in [6.45, 7) is 13.1. The Balaban J connectivity index is 1.71. The SMILES string of the molecule is CC[C@]1(C)[C@@H]([C@H](C)CC[C@H](O)C(C)(C)C)CC[C@H]1[C@@H]1CC=C2C[C@](O)(C(F)(F)F)CC21. The summed E-state index contributed by atoms with van der Waals surface area (Å²) in [5.74, 6) is 1.50. The maximum absolute atomic E-state index is 13.5. The second-order valence-corrected chi connectivity index (χ2v) is 12.3. The van der Waals surface area contributed by atoms with E-state index in [-0.39, 0.29) is 41.6 Å². The van der Waals surface area contributed by atoms with Crippen LogP contribution in [-0.2, 0) is 0 Å². The molecule has 1 unspecified atom stereocenters. The van der Waals surface area contributed by atoms with E-state index in [1.54, 1.807) is 0 Å². The molecule has 2 nitrogen and oxygen atoms in total. The molecule has 0 aromatic heterocycles. The van der Waals surface area contributed by atoms with Crippen molar-refractivity contribution >= 4 is 0 Å². The van der Waals surface area contributed by atoms with Gasteiger partial charge < -0.3 is 10.2 Å². The standard InChI is InChI=1S/C26H43F3O2/c1-7-24(6)20(16(2)8-13-22(30)23(3,4)5)11-12-21(24)18-10-9-17-14-25(31,15-19(17)18)26(27,28)29/h9,16,18-22,30-31H,7-8,10-15H2,1-6H3/t16-,18-,19?,20-,21+,22+,24-,25-/m1/s1. The van der Waals surface area contributed by atoms with E-state index in [1.165, 1.54) is 0 Å². The summed E-state index contributed by atoms with van der Waals surface area (Å²) in [4.78, 5) is 0. The number of hydrogen-bond donors (Lipinski definition) is 2. The smallest absolute Gasteiger partial charge is 0.393 e. The van der Waals surface area contributed by atoms with Gasteiger partial charge in [0.15, 0.2) is 5.60 Å². The fraction of sp³-hybridized carbons (Fsp3) is 0.923. The van der Waals surface area contributed by atoms with Gasteiger partial charge in [0, 0.05) is 6.42 Å². The van der Waals surface area contributed by atoms with Crippen LogP contribution in [0.3, 0.4) is 0 Å². The number of hydrogen-bond acceptors (Lipinski definition) is 2. The van der Waals surface area contributed by atoms with Gasteiger partial charge in [-0.05, 0) is 78.9 Å². The number of rotatable bonds is 6. The van der Waals surface area contributed by atoms with Crippen molar-refractivity contribution in [2.24, 2.45) is 40.4 Å². The van der Waals surface area contributed by atoms with Crippen molar-refractivity contribution in [3.63, 3.8) is 0 Å². The maximum Gasteiger partial charge on any atom is 0.417 e. The van der Waals surface area contributed by atoms with Gasteiger partial charge in [0.1, 0.15) is 0 Å². The molecule has 3 aliphatic rings. The Morgan fingerprint density at radius 1 is 1.16 bits per heavy atom. The molecule has 8 atom stereocenters. The third kappa shape index (κ3) is 4.47. The Bertz CT molecular complexity index is 679. The lowest BCUT2D eigenvalue weighted by atomic mass is 9.61. The molecule has 0 aliphatic heterocycles. The van der Waals surface area contributed by atoms with Gasteiger partial charge in [-0.1, -0.05) is 59.6 Å². The van der Waals surface area contributed by atoms with Crippen LogP contribution in [0.4, 0.5) is 13.2 Å². The minimum absolute atomic E-state index is 0.0962. The average molecular weight is 445 g/mol. The van der Waals surface area contributed by atoms with Crippen molar-refractivity contribution in [2.75, 3.05) is 0 Å². The van der Waals surface area contributed by atoms with Crippen LogP contribution in [-0.4, -0.2) is 28.1 Å². The molecular weight excluding hydrogens is 401 g/mol. The average Bonchev–Trinajstić information content (AvgIpc) is 3.29. The van der Waals surface area contributed by atoms with Crippen LogP contribution in [0.25, 0.3) is 0 Å². The van der Waals surface area contributed by atoms with E-state index in [0.717, 1.165) is 44.1 Å². The van der Waals surface area contributed by atoms with Crippen molar-refractivity contribution in [1.82, 2.24) is 0 Å². The van der Waals surface area contributed by atoms with Crippen LogP contribution < -0.4 is 0 Å². The first-order valence-corrected chi connectivity index (χ1v) is 12.3. The molecule has 0 amide bonds. The molecule has 0 saturated heterocycles. The molecule has 3 rings (SSSR count). The van der Waals surface area contributed by atoms with E-state index in [4.69, 9.17) is 0 Å². The largest absolute Gasteiger partial charge is 0.417 e. The summed E-state index contributed by atoms with van der Waals surface area (Å²) in [5.41, 5.74) is -1.72. The van der Waals surface area contributed by atoms with Crippen LogP contribution in [0.2, 0.25) is 0 Å². The molecule has 0 heterocycles. The molecule has 5 heteroatoms. The molecule has 31 heavy (non-hydrogen) atoms. The first kappa shape index (κ1) is 25.1. The van der Waals surface area contributed by atoms with Crippen LogP contribution in [0.15, 0.2) is 11.6 Å². The minimum Gasteiger partial charge on any atom is -0.393 e. The highest BCUT2D eigenvalue weighted by atomic mass is 19.4. The van der Waals surface area contributed by atoms with Crippen molar-refractivity contribution in [3.05, 3.63) is 11.6 Å². The zero-order valence-corrected chi connectivity index (χ0v) is 20.2. The molecule has 180 valence electrons.